The Labute approximate surface area is 93.9 Å². The number of rotatable bonds is 5. The van der Waals surface area contributed by atoms with Crippen molar-refractivity contribution in [3.8, 4) is 5.75 Å². The van der Waals surface area contributed by atoms with Crippen molar-refractivity contribution < 1.29 is 19.0 Å². The summed E-state index contributed by atoms with van der Waals surface area (Å²) < 4.78 is 18.4. The predicted molar refractivity (Wildman–Crippen MR) is 58.3 cm³/mol. The summed E-state index contributed by atoms with van der Waals surface area (Å²) in [6.07, 6.45) is 0.802. The van der Waals surface area contributed by atoms with Crippen molar-refractivity contribution in [3.05, 3.63) is 29.6 Å². The van der Waals surface area contributed by atoms with Crippen LogP contribution in [-0.4, -0.2) is 17.7 Å². The molecule has 0 amide bonds. The van der Waals surface area contributed by atoms with Crippen LogP contribution >= 0.6 is 0 Å². The van der Waals surface area contributed by atoms with Crippen LogP contribution in [0.1, 0.15) is 30.6 Å². The molecule has 0 saturated heterocycles. The Hall–Kier alpha value is -1.58. The minimum atomic E-state index is -1.09. The molecule has 0 bridgehead atoms. The van der Waals surface area contributed by atoms with Crippen LogP contribution in [0.15, 0.2) is 18.2 Å². The summed E-state index contributed by atoms with van der Waals surface area (Å²) in [6, 6.07) is 3.53. The summed E-state index contributed by atoms with van der Waals surface area (Å²) in [5.74, 6) is -1.16. The van der Waals surface area contributed by atoms with Crippen LogP contribution in [0.5, 0.6) is 5.75 Å². The van der Waals surface area contributed by atoms with E-state index in [9.17, 15) is 9.18 Å². The van der Waals surface area contributed by atoms with Gasteiger partial charge in [-0.25, -0.2) is 9.18 Å². The first-order valence-electron chi connectivity index (χ1n) is 5.16. The Bertz CT molecular complexity index is 375. The number of ether oxygens (including phenoxy) is 1. The van der Waals surface area contributed by atoms with Gasteiger partial charge >= 0.3 is 5.97 Å². The van der Waals surface area contributed by atoms with Gasteiger partial charge in [0, 0.05) is 0 Å². The summed E-state index contributed by atoms with van der Waals surface area (Å²) in [4.78, 5) is 10.7. The topological polar surface area (TPSA) is 46.5 Å². The minimum absolute atomic E-state index is 0.000509. The molecule has 4 heteroatoms. The van der Waals surface area contributed by atoms with E-state index in [1.165, 1.54) is 12.1 Å². The smallest absolute Gasteiger partial charge is 0.335 e. The number of aromatic carboxylic acids is 1. The fourth-order valence-corrected chi connectivity index (χ4v) is 1.15. The highest BCUT2D eigenvalue weighted by Crippen LogP contribution is 2.19. The van der Waals surface area contributed by atoms with Gasteiger partial charge < -0.3 is 9.84 Å². The summed E-state index contributed by atoms with van der Waals surface area (Å²) >= 11 is 0. The SMILES string of the molecule is CC(C)CCOc1cc(C(=O)O)ccc1F. The number of benzene rings is 1. The lowest BCUT2D eigenvalue weighted by molar-refractivity contribution is 0.0696. The zero-order valence-electron chi connectivity index (χ0n) is 9.37. The molecule has 16 heavy (non-hydrogen) atoms. The van der Waals surface area contributed by atoms with E-state index in [1.54, 1.807) is 0 Å². The van der Waals surface area contributed by atoms with Crippen LogP contribution in [0.25, 0.3) is 0 Å². The van der Waals surface area contributed by atoms with Gasteiger partial charge in [-0.1, -0.05) is 13.8 Å². The van der Waals surface area contributed by atoms with Gasteiger partial charge in [0.25, 0.3) is 0 Å². The van der Waals surface area contributed by atoms with E-state index in [-0.39, 0.29) is 11.3 Å². The molecule has 1 rings (SSSR count). The second kappa shape index (κ2) is 5.49. The van der Waals surface area contributed by atoms with Gasteiger partial charge in [0.05, 0.1) is 12.2 Å². The Morgan fingerprint density at radius 3 is 2.75 bits per heavy atom. The van der Waals surface area contributed by atoms with Crippen molar-refractivity contribution in [2.24, 2.45) is 5.92 Å². The van der Waals surface area contributed by atoms with Gasteiger partial charge in [-0.2, -0.15) is 0 Å². The maximum atomic E-state index is 13.2. The molecule has 0 aliphatic heterocycles. The highest BCUT2D eigenvalue weighted by molar-refractivity contribution is 5.88. The average molecular weight is 226 g/mol. The Kier molecular flexibility index (Phi) is 4.28. The van der Waals surface area contributed by atoms with E-state index < -0.39 is 11.8 Å². The van der Waals surface area contributed by atoms with Gasteiger partial charge in [-0.3, -0.25) is 0 Å². The Morgan fingerprint density at radius 1 is 1.50 bits per heavy atom. The number of halogens is 1. The number of hydrogen-bond donors (Lipinski definition) is 1. The lowest BCUT2D eigenvalue weighted by atomic mass is 10.1. The zero-order chi connectivity index (χ0) is 12.1. The highest BCUT2D eigenvalue weighted by atomic mass is 19.1. The first-order valence-corrected chi connectivity index (χ1v) is 5.16. The van der Waals surface area contributed by atoms with Gasteiger partial charge in [0.1, 0.15) is 0 Å². The molecule has 88 valence electrons. The first-order chi connectivity index (χ1) is 7.50. The molecule has 0 unspecified atom stereocenters. The van der Waals surface area contributed by atoms with E-state index in [0.29, 0.717) is 12.5 Å². The molecular weight excluding hydrogens is 211 g/mol. The van der Waals surface area contributed by atoms with Gasteiger partial charge in [0.15, 0.2) is 11.6 Å². The molecule has 0 aliphatic carbocycles. The predicted octanol–water partition coefficient (Wildman–Crippen LogP) is 2.95. The van der Waals surface area contributed by atoms with Crippen LogP contribution in [0.3, 0.4) is 0 Å². The lowest BCUT2D eigenvalue weighted by Crippen LogP contribution is -2.04. The third-order valence-corrected chi connectivity index (χ3v) is 2.13. The molecule has 0 aliphatic rings. The third-order valence-electron chi connectivity index (χ3n) is 2.13. The Morgan fingerprint density at radius 2 is 2.19 bits per heavy atom. The lowest BCUT2D eigenvalue weighted by Gasteiger charge is -2.09. The normalized spacial score (nSPS) is 10.5. The van der Waals surface area contributed by atoms with Crippen molar-refractivity contribution in [1.29, 1.82) is 0 Å². The molecule has 0 radical (unpaired) electrons. The van der Waals surface area contributed by atoms with Gasteiger partial charge in [-0.05, 0) is 30.5 Å². The van der Waals surface area contributed by atoms with E-state index in [2.05, 4.69) is 0 Å². The van der Waals surface area contributed by atoms with Gasteiger partial charge in [-0.15, -0.1) is 0 Å². The van der Waals surface area contributed by atoms with Crippen molar-refractivity contribution in [3.63, 3.8) is 0 Å². The molecule has 1 aromatic rings. The third kappa shape index (κ3) is 3.53. The van der Waals surface area contributed by atoms with Crippen LogP contribution in [0.2, 0.25) is 0 Å². The number of carboxylic acids is 1. The van der Waals surface area contributed by atoms with E-state index in [0.717, 1.165) is 12.5 Å². The standard InChI is InChI=1S/C12H15FO3/c1-8(2)5-6-16-11-7-9(12(14)15)3-4-10(11)13/h3-4,7-8H,5-6H2,1-2H3,(H,14,15). The largest absolute Gasteiger partial charge is 0.490 e. The van der Waals surface area contributed by atoms with E-state index in [4.69, 9.17) is 9.84 Å². The maximum absolute atomic E-state index is 13.2. The van der Waals surface area contributed by atoms with Crippen LogP contribution in [0.4, 0.5) is 4.39 Å². The molecular formula is C12H15FO3. The highest BCUT2D eigenvalue weighted by Gasteiger charge is 2.09. The van der Waals surface area contributed by atoms with Crippen molar-refractivity contribution in [2.75, 3.05) is 6.61 Å². The Balaban J connectivity index is 2.70. The number of carbonyl (C=O) groups is 1. The molecule has 1 aromatic carbocycles. The summed E-state index contributed by atoms with van der Waals surface area (Å²) in [5.41, 5.74) is 0.0287. The fraction of sp³-hybridized carbons (Fsp3) is 0.417. The molecule has 0 spiro atoms. The maximum Gasteiger partial charge on any atom is 0.335 e. The number of carboxylic acid groups (broad SMARTS) is 1. The molecule has 3 nitrogen and oxygen atoms in total. The van der Waals surface area contributed by atoms with Crippen LogP contribution in [-0.2, 0) is 0 Å². The van der Waals surface area contributed by atoms with E-state index in [1.807, 2.05) is 13.8 Å². The zero-order valence-corrected chi connectivity index (χ0v) is 9.37. The molecule has 0 saturated carbocycles. The van der Waals surface area contributed by atoms with Gasteiger partial charge in [0.2, 0.25) is 0 Å². The molecule has 0 aromatic heterocycles. The average Bonchev–Trinajstić information content (AvgIpc) is 2.20. The molecule has 0 atom stereocenters. The second-order valence-electron chi connectivity index (χ2n) is 3.98. The summed E-state index contributed by atoms with van der Waals surface area (Å²) in [5, 5.41) is 8.74. The summed E-state index contributed by atoms with van der Waals surface area (Å²) in [7, 11) is 0. The van der Waals surface area contributed by atoms with Crippen molar-refractivity contribution in [1.82, 2.24) is 0 Å². The van der Waals surface area contributed by atoms with Crippen LogP contribution in [0, 0.1) is 11.7 Å². The first kappa shape index (κ1) is 12.5. The van der Waals surface area contributed by atoms with E-state index >= 15 is 0 Å². The monoisotopic (exact) mass is 226 g/mol. The minimum Gasteiger partial charge on any atom is -0.490 e. The second-order valence-corrected chi connectivity index (χ2v) is 3.98. The molecule has 1 N–H and O–H groups in total. The fourth-order valence-electron chi connectivity index (χ4n) is 1.15. The quantitative estimate of drug-likeness (QED) is 0.839. The summed E-state index contributed by atoms with van der Waals surface area (Å²) in [6.45, 7) is 4.46. The molecule has 0 heterocycles. The van der Waals surface area contributed by atoms with Crippen LogP contribution < -0.4 is 4.74 Å². The van der Waals surface area contributed by atoms with Crippen molar-refractivity contribution >= 4 is 5.97 Å². The number of hydrogen-bond acceptors (Lipinski definition) is 2. The van der Waals surface area contributed by atoms with Crippen molar-refractivity contribution in [2.45, 2.75) is 20.3 Å². The molecule has 0 fully saturated rings.